The Kier molecular flexibility index (Phi) is 2.50. The maximum Gasteiger partial charge on any atom is 0.339 e. The highest BCUT2D eigenvalue weighted by Gasteiger charge is 2.06. The number of ether oxygens (including phenoxy) is 1. The molecule has 4 nitrogen and oxygen atoms in total. The fraction of sp³-hybridized carbons (Fsp3) is 0.111. The number of aromatic nitrogens is 1. The molecule has 13 heavy (non-hydrogen) atoms. The summed E-state index contributed by atoms with van der Waals surface area (Å²) < 4.78 is 4.45. The molecule has 1 N–H and O–H groups in total. The number of methoxy groups -OCH3 is 1. The van der Waals surface area contributed by atoms with Gasteiger partial charge in [-0.2, -0.15) is 0 Å². The van der Waals surface area contributed by atoms with Crippen LogP contribution in [0, 0.1) is 12.3 Å². The van der Waals surface area contributed by atoms with E-state index in [1.807, 2.05) is 0 Å². The lowest BCUT2D eigenvalue weighted by molar-refractivity contribution is 0.0600. The van der Waals surface area contributed by atoms with Gasteiger partial charge >= 0.3 is 5.97 Å². The summed E-state index contributed by atoms with van der Waals surface area (Å²) in [7, 11) is 1.25. The second-order valence-electron chi connectivity index (χ2n) is 2.27. The first-order valence-electron chi connectivity index (χ1n) is 3.46. The first-order valence-corrected chi connectivity index (χ1v) is 3.46. The molecule has 0 aliphatic rings. The zero-order chi connectivity index (χ0) is 9.84. The molecule has 0 aliphatic heterocycles. The molecule has 66 valence electrons. The number of carbonyl (C=O) groups is 1. The van der Waals surface area contributed by atoms with Gasteiger partial charge in [0.1, 0.15) is 0 Å². The van der Waals surface area contributed by atoms with Gasteiger partial charge in [0.2, 0.25) is 0 Å². The summed E-state index contributed by atoms with van der Waals surface area (Å²) in [4.78, 5) is 24.3. The fourth-order valence-electron chi connectivity index (χ4n) is 0.827. The molecular weight excluding hydrogens is 170 g/mol. The Hall–Kier alpha value is -2.02. The van der Waals surface area contributed by atoms with E-state index < -0.39 is 11.5 Å². The third-order valence-corrected chi connectivity index (χ3v) is 1.48. The van der Waals surface area contributed by atoms with Crippen LogP contribution in [0.4, 0.5) is 0 Å². The lowest BCUT2D eigenvalue weighted by atomic mass is 10.2. The smallest absolute Gasteiger partial charge is 0.339 e. The van der Waals surface area contributed by atoms with Crippen LogP contribution in [0.5, 0.6) is 0 Å². The van der Waals surface area contributed by atoms with Crippen molar-refractivity contribution in [2.75, 3.05) is 7.11 Å². The van der Waals surface area contributed by atoms with E-state index in [1.54, 1.807) is 0 Å². The molecule has 1 aromatic rings. The van der Waals surface area contributed by atoms with Crippen molar-refractivity contribution in [3.8, 4) is 12.3 Å². The Morgan fingerprint density at radius 1 is 1.69 bits per heavy atom. The van der Waals surface area contributed by atoms with Gasteiger partial charge in [0.25, 0.3) is 5.56 Å². The van der Waals surface area contributed by atoms with Crippen LogP contribution >= 0.6 is 0 Å². The molecule has 0 aliphatic carbocycles. The van der Waals surface area contributed by atoms with Gasteiger partial charge in [-0.25, -0.2) is 4.79 Å². The number of carbonyl (C=O) groups excluding carboxylic acids is 1. The predicted octanol–water partition coefficient (Wildman–Crippen LogP) is 0.143. The number of pyridine rings is 1. The van der Waals surface area contributed by atoms with E-state index in [9.17, 15) is 9.59 Å². The molecule has 1 heterocycles. The number of nitrogens with one attached hydrogen (secondary N) is 1. The molecule has 1 rings (SSSR count). The summed E-state index contributed by atoms with van der Waals surface area (Å²) in [5.74, 6) is 1.63. The quantitative estimate of drug-likeness (QED) is 0.490. The van der Waals surface area contributed by atoms with E-state index in [-0.39, 0.29) is 11.1 Å². The minimum Gasteiger partial charge on any atom is -0.465 e. The predicted molar refractivity (Wildman–Crippen MR) is 46.3 cm³/mol. The summed E-state index contributed by atoms with van der Waals surface area (Å²) >= 11 is 0. The van der Waals surface area contributed by atoms with Gasteiger partial charge in [-0.1, -0.05) is 5.92 Å². The molecule has 0 bridgehead atoms. The summed E-state index contributed by atoms with van der Waals surface area (Å²) in [6, 6.07) is 1.31. The normalized spacial score (nSPS) is 8.92. The Morgan fingerprint density at radius 2 is 2.38 bits per heavy atom. The SMILES string of the molecule is C#Cc1cc(C(=O)OC)c[nH]c1=O. The van der Waals surface area contributed by atoms with Crippen LogP contribution in [-0.2, 0) is 4.74 Å². The van der Waals surface area contributed by atoms with Gasteiger partial charge in [0.15, 0.2) is 0 Å². The van der Waals surface area contributed by atoms with Gasteiger partial charge in [0, 0.05) is 6.20 Å². The molecule has 4 heteroatoms. The Labute approximate surface area is 74.5 Å². The third-order valence-electron chi connectivity index (χ3n) is 1.48. The van der Waals surface area contributed by atoms with Crippen LogP contribution in [0.3, 0.4) is 0 Å². The second-order valence-corrected chi connectivity index (χ2v) is 2.27. The van der Waals surface area contributed by atoms with Crippen LogP contribution < -0.4 is 5.56 Å². The number of hydrogen-bond acceptors (Lipinski definition) is 3. The first-order chi connectivity index (χ1) is 6.19. The number of esters is 1. The number of aromatic amines is 1. The van der Waals surface area contributed by atoms with E-state index in [0.29, 0.717) is 0 Å². The monoisotopic (exact) mass is 177 g/mol. The molecule has 0 saturated carbocycles. The highest BCUT2D eigenvalue weighted by atomic mass is 16.5. The van der Waals surface area contributed by atoms with Crippen LogP contribution in [0.1, 0.15) is 15.9 Å². The zero-order valence-electron chi connectivity index (χ0n) is 6.96. The van der Waals surface area contributed by atoms with E-state index >= 15 is 0 Å². The second kappa shape index (κ2) is 3.59. The minimum atomic E-state index is -0.534. The van der Waals surface area contributed by atoms with Crippen molar-refractivity contribution in [3.05, 3.63) is 33.7 Å². The Balaban J connectivity index is 3.23. The molecule has 0 spiro atoms. The maximum atomic E-state index is 11.0. The van der Waals surface area contributed by atoms with Crippen LogP contribution in [0.2, 0.25) is 0 Å². The molecule has 0 fully saturated rings. The van der Waals surface area contributed by atoms with Crippen molar-refractivity contribution in [3.63, 3.8) is 0 Å². The van der Waals surface area contributed by atoms with Gasteiger partial charge in [-0.05, 0) is 6.07 Å². The topological polar surface area (TPSA) is 59.2 Å². The fourth-order valence-corrected chi connectivity index (χ4v) is 0.827. The maximum absolute atomic E-state index is 11.0. The molecular formula is C9H7NO3. The standard InChI is InChI=1S/C9H7NO3/c1-3-6-4-7(9(12)13-2)5-10-8(6)11/h1,4-5H,2H3,(H,10,11). The van der Waals surface area contributed by atoms with Crippen LogP contribution in [0.25, 0.3) is 0 Å². The van der Waals surface area contributed by atoms with Gasteiger partial charge in [-0.3, -0.25) is 4.79 Å². The molecule has 0 radical (unpaired) electrons. The average Bonchev–Trinajstić information content (AvgIpc) is 2.17. The van der Waals surface area contributed by atoms with E-state index in [4.69, 9.17) is 6.42 Å². The molecule has 1 aromatic heterocycles. The largest absolute Gasteiger partial charge is 0.465 e. The highest BCUT2D eigenvalue weighted by molar-refractivity contribution is 5.89. The van der Waals surface area contributed by atoms with Crippen LogP contribution in [-0.4, -0.2) is 18.1 Å². The van der Waals surface area contributed by atoms with Crippen molar-refractivity contribution >= 4 is 5.97 Å². The zero-order valence-corrected chi connectivity index (χ0v) is 6.96. The first kappa shape index (κ1) is 9.07. The highest BCUT2D eigenvalue weighted by Crippen LogP contribution is 1.98. The van der Waals surface area contributed by atoms with Gasteiger partial charge in [-0.15, -0.1) is 6.42 Å². The number of rotatable bonds is 1. The number of hydrogen-bond donors (Lipinski definition) is 1. The lowest BCUT2D eigenvalue weighted by Crippen LogP contribution is -2.12. The average molecular weight is 177 g/mol. The summed E-state index contributed by atoms with van der Waals surface area (Å²) in [5.41, 5.74) is -0.0481. The molecule has 0 aromatic carbocycles. The number of terminal acetylenes is 1. The van der Waals surface area contributed by atoms with Crippen molar-refractivity contribution in [1.29, 1.82) is 0 Å². The van der Waals surface area contributed by atoms with Gasteiger partial charge in [0.05, 0.1) is 18.2 Å². The molecule has 0 unspecified atom stereocenters. The summed E-state index contributed by atoms with van der Waals surface area (Å²) in [6.45, 7) is 0. The minimum absolute atomic E-state index is 0.114. The lowest BCUT2D eigenvalue weighted by Gasteiger charge is -1.97. The molecule has 0 amide bonds. The molecule has 0 saturated heterocycles. The summed E-state index contributed by atoms with van der Waals surface area (Å²) in [5, 5.41) is 0. The van der Waals surface area contributed by atoms with Gasteiger partial charge < -0.3 is 9.72 Å². The summed E-state index contributed by atoms with van der Waals surface area (Å²) in [6.07, 6.45) is 6.30. The Bertz CT molecular complexity index is 425. The van der Waals surface area contributed by atoms with Crippen molar-refractivity contribution < 1.29 is 9.53 Å². The van der Waals surface area contributed by atoms with E-state index in [1.165, 1.54) is 19.4 Å². The number of H-pyrrole nitrogens is 1. The van der Waals surface area contributed by atoms with Crippen LogP contribution in [0.15, 0.2) is 17.1 Å². The van der Waals surface area contributed by atoms with E-state index in [2.05, 4.69) is 15.6 Å². The van der Waals surface area contributed by atoms with Crippen molar-refractivity contribution in [1.82, 2.24) is 4.98 Å². The van der Waals surface area contributed by atoms with Crippen molar-refractivity contribution in [2.24, 2.45) is 0 Å². The molecule has 0 atom stereocenters. The Morgan fingerprint density at radius 3 is 2.92 bits per heavy atom. The third kappa shape index (κ3) is 1.76. The van der Waals surface area contributed by atoms with Crippen molar-refractivity contribution in [2.45, 2.75) is 0 Å². The van der Waals surface area contributed by atoms with E-state index in [0.717, 1.165) is 0 Å².